The first-order chi connectivity index (χ1) is 11.4. The molecule has 7 nitrogen and oxygen atoms in total. The van der Waals surface area contributed by atoms with Crippen LogP contribution in [0.2, 0.25) is 0 Å². The van der Waals surface area contributed by atoms with E-state index in [2.05, 4.69) is 21.2 Å². The number of amides is 1. The Bertz CT molecular complexity index is 807. The second-order valence-corrected chi connectivity index (χ2v) is 5.81. The fourth-order valence-corrected chi connectivity index (χ4v) is 2.27. The van der Waals surface area contributed by atoms with E-state index in [1.807, 2.05) is 0 Å². The number of ether oxygens (including phenoxy) is 1. The summed E-state index contributed by atoms with van der Waals surface area (Å²) in [7, 11) is 0. The van der Waals surface area contributed by atoms with E-state index < -0.39 is 23.4 Å². The van der Waals surface area contributed by atoms with E-state index in [0.717, 1.165) is 0 Å². The molecule has 0 aliphatic rings. The molecule has 0 fully saturated rings. The number of nitro benzene ring substituents is 1. The van der Waals surface area contributed by atoms with Crippen LogP contribution in [0.25, 0.3) is 0 Å². The van der Waals surface area contributed by atoms with Crippen LogP contribution < -0.4 is 5.32 Å². The lowest BCUT2D eigenvalue weighted by atomic mass is 10.2. The van der Waals surface area contributed by atoms with Gasteiger partial charge >= 0.3 is 5.97 Å². The van der Waals surface area contributed by atoms with Crippen LogP contribution in [-0.4, -0.2) is 23.4 Å². The number of rotatable bonds is 5. The van der Waals surface area contributed by atoms with Crippen molar-refractivity contribution in [1.29, 1.82) is 0 Å². The minimum Gasteiger partial charge on any atom is -0.452 e. The van der Waals surface area contributed by atoms with Crippen molar-refractivity contribution in [1.82, 2.24) is 0 Å². The van der Waals surface area contributed by atoms with Crippen LogP contribution in [0.3, 0.4) is 0 Å². The average Bonchev–Trinajstić information content (AvgIpc) is 2.54. The number of hydrogen-bond acceptors (Lipinski definition) is 5. The second kappa shape index (κ2) is 7.69. The van der Waals surface area contributed by atoms with E-state index in [4.69, 9.17) is 4.74 Å². The molecular formula is C16H13BrN2O5. The number of esters is 1. The largest absolute Gasteiger partial charge is 0.452 e. The molecule has 24 heavy (non-hydrogen) atoms. The molecular weight excluding hydrogens is 380 g/mol. The van der Waals surface area contributed by atoms with Crippen molar-refractivity contribution >= 4 is 39.2 Å². The normalized spacial score (nSPS) is 10.1. The van der Waals surface area contributed by atoms with E-state index in [-0.39, 0.29) is 5.69 Å². The van der Waals surface area contributed by atoms with Gasteiger partial charge < -0.3 is 10.1 Å². The van der Waals surface area contributed by atoms with E-state index >= 15 is 0 Å². The maximum absolute atomic E-state index is 11.9. The number of carbonyl (C=O) groups is 2. The van der Waals surface area contributed by atoms with Crippen LogP contribution in [-0.2, 0) is 9.53 Å². The van der Waals surface area contributed by atoms with Crippen LogP contribution in [0.1, 0.15) is 15.9 Å². The summed E-state index contributed by atoms with van der Waals surface area (Å²) in [5.41, 5.74) is 1.13. The Hall–Kier alpha value is -2.74. The molecule has 124 valence electrons. The molecule has 0 radical (unpaired) electrons. The highest BCUT2D eigenvalue weighted by Crippen LogP contribution is 2.21. The second-order valence-electron chi connectivity index (χ2n) is 4.89. The van der Waals surface area contributed by atoms with E-state index in [1.165, 1.54) is 18.2 Å². The van der Waals surface area contributed by atoms with Crippen LogP contribution in [0.4, 0.5) is 11.4 Å². The summed E-state index contributed by atoms with van der Waals surface area (Å²) in [6, 6.07) is 10.7. The lowest BCUT2D eigenvalue weighted by Gasteiger charge is -2.09. The third-order valence-electron chi connectivity index (χ3n) is 3.10. The van der Waals surface area contributed by atoms with Crippen LogP contribution in [0.15, 0.2) is 46.9 Å². The quantitative estimate of drug-likeness (QED) is 0.477. The maximum Gasteiger partial charge on any atom is 0.338 e. The number of halogens is 1. The van der Waals surface area contributed by atoms with Gasteiger partial charge in [-0.25, -0.2) is 4.79 Å². The minimum absolute atomic E-state index is 0.137. The predicted octanol–water partition coefficient (Wildman–Crippen LogP) is 3.46. The Morgan fingerprint density at radius 1 is 1.25 bits per heavy atom. The lowest BCUT2D eigenvalue weighted by Crippen LogP contribution is -2.21. The van der Waals surface area contributed by atoms with Crippen molar-refractivity contribution in [2.45, 2.75) is 6.92 Å². The molecule has 0 spiro atoms. The van der Waals surface area contributed by atoms with Gasteiger partial charge in [-0.05, 0) is 30.7 Å². The summed E-state index contributed by atoms with van der Waals surface area (Å²) < 4.78 is 5.65. The molecule has 0 unspecified atom stereocenters. The van der Waals surface area contributed by atoms with Crippen molar-refractivity contribution in [3.8, 4) is 0 Å². The molecule has 8 heteroatoms. The van der Waals surface area contributed by atoms with E-state index in [1.54, 1.807) is 31.2 Å². The van der Waals surface area contributed by atoms with Crippen molar-refractivity contribution in [2.24, 2.45) is 0 Å². The van der Waals surface area contributed by atoms with E-state index in [0.29, 0.717) is 21.3 Å². The number of nitrogens with one attached hydrogen (secondary N) is 1. The summed E-state index contributed by atoms with van der Waals surface area (Å²) in [5.74, 6) is -1.22. The standard InChI is InChI=1S/C16H13BrN2O5/c1-10-5-6-13(19(22)23)8-14(10)18-15(20)9-24-16(21)11-3-2-4-12(17)7-11/h2-8H,9H2,1H3,(H,18,20). The Labute approximate surface area is 145 Å². The van der Waals surface area contributed by atoms with Crippen molar-refractivity contribution < 1.29 is 19.2 Å². The van der Waals surface area contributed by atoms with Crippen molar-refractivity contribution in [3.05, 3.63) is 68.2 Å². The summed E-state index contributed by atoms with van der Waals surface area (Å²) in [4.78, 5) is 33.9. The van der Waals surface area contributed by atoms with Gasteiger partial charge in [-0.2, -0.15) is 0 Å². The van der Waals surface area contributed by atoms with Gasteiger partial charge in [0.1, 0.15) is 0 Å². The summed E-state index contributed by atoms with van der Waals surface area (Å²) >= 11 is 3.24. The van der Waals surface area contributed by atoms with Crippen LogP contribution >= 0.6 is 15.9 Å². The van der Waals surface area contributed by atoms with Crippen molar-refractivity contribution in [2.75, 3.05) is 11.9 Å². The van der Waals surface area contributed by atoms with Gasteiger partial charge in [-0.3, -0.25) is 14.9 Å². The first-order valence-corrected chi connectivity index (χ1v) is 7.63. The zero-order valence-corrected chi connectivity index (χ0v) is 14.2. The fourth-order valence-electron chi connectivity index (χ4n) is 1.87. The molecule has 0 heterocycles. The Morgan fingerprint density at radius 2 is 2.00 bits per heavy atom. The number of aryl methyl sites for hydroxylation is 1. The monoisotopic (exact) mass is 392 g/mol. The molecule has 0 saturated carbocycles. The molecule has 2 aromatic carbocycles. The van der Waals surface area contributed by atoms with Crippen LogP contribution in [0, 0.1) is 17.0 Å². The Balaban J connectivity index is 1.97. The molecule has 0 aliphatic carbocycles. The first kappa shape index (κ1) is 17.6. The number of hydrogen-bond donors (Lipinski definition) is 1. The number of nitrogens with zero attached hydrogens (tertiary/aromatic N) is 1. The van der Waals surface area contributed by atoms with Gasteiger partial charge in [0.05, 0.1) is 16.2 Å². The highest BCUT2D eigenvalue weighted by Gasteiger charge is 2.13. The molecule has 0 aromatic heterocycles. The predicted molar refractivity (Wildman–Crippen MR) is 90.9 cm³/mol. The molecule has 2 rings (SSSR count). The lowest BCUT2D eigenvalue weighted by molar-refractivity contribution is -0.384. The number of anilines is 1. The fraction of sp³-hybridized carbons (Fsp3) is 0.125. The zero-order chi connectivity index (χ0) is 17.7. The van der Waals surface area contributed by atoms with Gasteiger partial charge in [0, 0.05) is 16.6 Å². The van der Waals surface area contributed by atoms with Gasteiger partial charge in [0.25, 0.3) is 11.6 Å². The topological polar surface area (TPSA) is 98.5 Å². The van der Waals surface area contributed by atoms with Gasteiger partial charge in [-0.1, -0.05) is 28.1 Å². The molecule has 2 aromatic rings. The molecule has 0 atom stereocenters. The zero-order valence-electron chi connectivity index (χ0n) is 12.6. The number of non-ortho nitro benzene ring substituents is 1. The molecule has 0 bridgehead atoms. The van der Waals surface area contributed by atoms with E-state index in [9.17, 15) is 19.7 Å². The number of nitro groups is 1. The summed E-state index contributed by atoms with van der Waals surface area (Å²) in [6.45, 7) is 1.21. The number of carbonyl (C=O) groups excluding carboxylic acids is 2. The van der Waals surface area contributed by atoms with Crippen molar-refractivity contribution in [3.63, 3.8) is 0 Å². The highest BCUT2D eigenvalue weighted by atomic mass is 79.9. The molecule has 0 saturated heterocycles. The molecule has 1 N–H and O–H groups in total. The minimum atomic E-state index is -0.637. The third kappa shape index (κ3) is 4.63. The Morgan fingerprint density at radius 3 is 2.67 bits per heavy atom. The highest BCUT2D eigenvalue weighted by molar-refractivity contribution is 9.10. The van der Waals surface area contributed by atoms with Gasteiger partial charge in [0.2, 0.25) is 0 Å². The SMILES string of the molecule is Cc1ccc([N+](=O)[O-])cc1NC(=O)COC(=O)c1cccc(Br)c1. The smallest absolute Gasteiger partial charge is 0.338 e. The summed E-state index contributed by atoms with van der Waals surface area (Å²) in [6.07, 6.45) is 0. The molecule has 0 aliphatic heterocycles. The Kier molecular flexibility index (Phi) is 5.64. The average molecular weight is 393 g/mol. The van der Waals surface area contributed by atoms with Gasteiger partial charge in [-0.15, -0.1) is 0 Å². The molecule has 1 amide bonds. The number of benzene rings is 2. The third-order valence-corrected chi connectivity index (χ3v) is 3.59. The maximum atomic E-state index is 11.9. The van der Waals surface area contributed by atoms with Crippen LogP contribution in [0.5, 0.6) is 0 Å². The summed E-state index contributed by atoms with van der Waals surface area (Å²) in [5, 5.41) is 13.3. The van der Waals surface area contributed by atoms with Gasteiger partial charge in [0.15, 0.2) is 6.61 Å². The first-order valence-electron chi connectivity index (χ1n) is 6.84.